The summed E-state index contributed by atoms with van der Waals surface area (Å²) in [6.45, 7) is 8.62. The van der Waals surface area contributed by atoms with E-state index in [9.17, 15) is 0 Å². The van der Waals surface area contributed by atoms with E-state index in [0.29, 0.717) is 12.4 Å². The largest absolute Gasteiger partial charge is 0.488 e. The Hall–Kier alpha value is -1.97. The summed E-state index contributed by atoms with van der Waals surface area (Å²) >= 11 is 0. The van der Waals surface area contributed by atoms with Crippen molar-refractivity contribution in [2.75, 3.05) is 5.73 Å². The van der Waals surface area contributed by atoms with Crippen molar-refractivity contribution in [1.29, 1.82) is 0 Å². The molecule has 0 spiro atoms. The van der Waals surface area contributed by atoms with Gasteiger partial charge in [0, 0.05) is 7.05 Å². The SMILES string of the molecule is Cc1cc(C)c(OCc2c(C)nn(C)c2N)c(C)c1. The van der Waals surface area contributed by atoms with Gasteiger partial charge < -0.3 is 10.5 Å². The quantitative estimate of drug-likeness (QED) is 0.922. The molecule has 2 N–H and O–H groups in total. The molecule has 0 unspecified atom stereocenters. The summed E-state index contributed by atoms with van der Waals surface area (Å²) in [6, 6.07) is 4.25. The van der Waals surface area contributed by atoms with Crippen molar-refractivity contribution in [3.8, 4) is 5.75 Å². The summed E-state index contributed by atoms with van der Waals surface area (Å²) in [7, 11) is 1.84. The lowest BCUT2D eigenvalue weighted by atomic mass is 10.1. The third-order valence-corrected chi connectivity index (χ3v) is 3.36. The van der Waals surface area contributed by atoms with Crippen LogP contribution < -0.4 is 10.5 Å². The van der Waals surface area contributed by atoms with Gasteiger partial charge in [0.1, 0.15) is 18.2 Å². The topological polar surface area (TPSA) is 53.1 Å². The zero-order valence-corrected chi connectivity index (χ0v) is 12.2. The molecular formula is C15H21N3O. The van der Waals surface area contributed by atoms with Gasteiger partial charge in [-0.25, -0.2) is 0 Å². The van der Waals surface area contributed by atoms with Crippen LogP contribution in [0.1, 0.15) is 27.9 Å². The fraction of sp³-hybridized carbons (Fsp3) is 0.400. The van der Waals surface area contributed by atoms with Gasteiger partial charge in [0.05, 0.1) is 11.3 Å². The standard InChI is InChI=1S/C15H21N3O/c1-9-6-10(2)14(11(3)7-9)19-8-13-12(4)17-18(5)15(13)16/h6-7H,8,16H2,1-5H3. The van der Waals surface area contributed by atoms with E-state index in [1.165, 1.54) is 5.56 Å². The Bertz CT molecular complexity index is 591. The number of nitrogens with zero attached hydrogens (tertiary/aromatic N) is 2. The fourth-order valence-corrected chi connectivity index (χ4v) is 2.44. The summed E-state index contributed by atoms with van der Waals surface area (Å²) in [4.78, 5) is 0. The maximum Gasteiger partial charge on any atom is 0.128 e. The van der Waals surface area contributed by atoms with E-state index < -0.39 is 0 Å². The number of aryl methyl sites for hydroxylation is 5. The average Bonchev–Trinajstić information content (AvgIpc) is 2.53. The van der Waals surface area contributed by atoms with E-state index in [-0.39, 0.29) is 0 Å². The van der Waals surface area contributed by atoms with Gasteiger partial charge in [0.15, 0.2) is 0 Å². The van der Waals surface area contributed by atoms with Crippen LogP contribution in [-0.2, 0) is 13.7 Å². The first-order chi connectivity index (χ1) is 8.90. The molecule has 0 saturated carbocycles. The molecule has 4 nitrogen and oxygen atoms in total. The first kappa shape index (κ1) is 13.5. The van der Waals surface area contributed by atoms with E-state index in [1.807, 2.05) is 14.0 Å². The molecule has 0 atom stereocenters. The van der Waals surface area contributed by atoms with E-state index >= 15 is 0 Å². The van der Waals surface area contributed by atoms with Gasteiger partial charge in [-0.2, -0.15) is 5.10 Å². The first-order valence-corrected chi connectivity index (χ1v) is 6.38. The minimum atomic E-state index is 0.455. The summed E-state index contributed by atoms with van der Waals surface area (Å²) in [5, 5.41) is 4.29. The molecular weight excluding hydrogens is 238 g/mol. The van der Waals surface area contributed by atoms with Crippen LogP contribution in [0.2, 0.25) is 0 Å². The average molecular weight is 259 g/mol. The van der Waals surface area contributed by atoms with Gasteiger partial charge >= 0.3 is 0 Å². The number of hydrogen-bond acceptors (Lipinski definition) is 3. The molecule has 0 fully saturated rings. The molecule has 4 heteroatoms. The minimum absolute atomic E-state index is 0.455. The summed E-state index contributed by atoms with van der Waals surface area (Å²) in [6.07, 6.45) is 0. The highest BCUT2D eigenvalue weighted by atomic mass is 16.5. The van der Waals surface area contributed by atoms with Gasteiger partial charge in [-0.3, -0.25) is 4.68 Å². The van der Waals surface area contributed by atoms with Crippen molar-refractivity contribution in [3.63, 3.8) is 0 Å². The van der Waals surface area contributed by atoms with Gasteiger partial charge in [0.2, 0.25) is 0 Å². The van der Waals surface area contributed by atoms with Crippen LogP contribution in [0.4, 0.5) is 5.82 Å². The van der Waals surface area contributed by atoms with Crippen molar-refractivity contribution in [2.24, 2.45) is 7.05 Å². The molecule has 0 aliphatic rings. The molecule has 1 aromatic heterocycles. The van der Waals surface area contributed by atoms with Gasteiger partial charge in [-0.1, -0.05) is 17.7 Å². The zero-order valence-electron chi connectivity index (χ0n) is 12.2. The zero-order chi connectivity index (χ0) is 14.2. The second-order valence-corrected chi connectivity index (χ2v) is 5.09. The predicted octanol–water partition coefficient (Wildman–Crippen LogP) is 2.81. The molecule has 0 aliphatic carbocycles. The number of aromatic nitrogens is 2. The van der Waals surface area contributed by atoms with Crippen molar-refractivity contribution in [2.45, 2.75) is 34.3 Å². The molecule has 0 saturated heterocycles. The maximum atomic E-state index is 5.99. The number of hydrogen-bond donors (Lipinski definition) is 1. The highest BCUT2D eigenvalue weighted by molar-refractivity contribution is 5.45. The van der Waals surface area contributed by atoms with E-state index in [1.54, 1.807) is 4.68 Å². The molecule has 102 valence electrons. The van der Waals surface area contributed by atoms with Crippen LogP contribution in [0.3, 0.4) is 0 Å². The van der Waals surface area contributed by atoms with Gasteiger partial charge in [-0.05, 0) is 38.8 Å². The van der Waals surface area contributed by atoms with E-state index in [2.05, 4.69) is 38.0 Å². The van der Waals surface area contributed by atoms with E-state index in [0.717, 1.165) is 28.1 Å². The van der Waals surface area contributed by atoms with Crippen molar-refractivity contribution < 1.29 is 4.74 Å². The van der Waals surface area contributed by atoms with Crippen LogP contribution in [0.15, 0.2) is 12.1 Å². The third kappa shape index (κ3) is 2.57. The first-order valence-electron chi connectivity index (χ1n) is 6.38. The molecule has 0 aliphatic heterocycles. The summed E-state index contributed by atoms with van der Waals surface area (Å²) in [5.41, 5.74) is 11.4. The molecule has 0 radical (unpaired) electrons. The number of nitrogens with two attached hydrogens (primary N) is 1. The van der Waals surface area contributed by atoms with Crippen LogP contribution in [0, 0.1) is 27.7 Å². The third-order valence-electron chi connectivity index (χ3n) is 3.36. The van der Waals surface area contributed by atoms with Crippen LogP contribution in [0.25, 0.3) is 0 Å². The number of nitrogen functional groups attached to an aromatic ring is 1. The molecule has 1 aromatic carbocycles. The molecule has 2 rings (SSSR count). The highest BCUT2D eigenvalue weighted by Crippen LogP contribution is 2.26. The molecule has 0 bridgehead atoms. The second kappa shape index (κ2) is 4.96. The number of rotatable bonds is 3. The van der Waals surface area contributed by atoms with Crippen molar-refractivity contribution in [1.82, 2.24) is 9.78 Å². The van der Waals surface area contributed by atoms with Gasteiger partial charge in [0.25, 0.3) is 0 Å². The molecule has 19 heavy (non-hydrogen) atoms. The number of anilines is 1. The Kier molecular flexibility index (Phi) is 3.51. The lowest BCUT2D eigenvalue weighted by Gasteiger charge is -2.13. The number of benzene rings is 1. The Morgan fingerprint density at radius 3 is 2.21 bits per heavy atom. The molecule has 1 heterocycles. The second-order valence-electron chi connectivity index (χ2n) is 5.09. The minimum Gasteiger partial charge on any atom is -0.488 e. The summed E-state index contributed by atoms with van der Waals surface area (Å²) in [5.74, 6) is 1.60. The number of ether oxygens (including phenoxy) is 1. The predicted molar refractivity (Wildman–Crippen MR) is 77.3 cm³/mol. The lowest BCUT2D eigenvalue weighted by molar-refractivity contribution is 0.302. The fourth-order valence-electron chi connectivity index (χ4n) is 2.44. The lowest BCUT2D eigenvalue weighted by Crippen LogP contribution is -2.04. The highest BCUT2D eigenvalue weighted by Gasteiger charge is 2.12. The smallest absolute Gasteiger partial charge is 0.128 e. The Morgan fingerprint density at radius 2 is 1.74 bits per heavy atom. The van der Waals surface area contributed by atoms with Crippen LogP contribution >= 0.6 is 0 Å². The molecule has 0 amide bonds. The maximum absolute atomic E-state index is 5.99. The Labute approximate surface area is 114 Å². The Morgan fingerprint density at radius 1 is 1.16 bits per heavy atom. The van der Waals surface area contributed by atoms with Gasteiger partial charge in [-0.15, -0.1) is 0 Å². The molecule has 2 aromatic rings. The van der Waals surface area contributed by atoms with Crippen LogP contribution in [0.5, 0.6) is 5.75 Å². The summed E-state index contributed by atoms with van der Waals surface area (Å²) < 4.78 is 7.63. The Balaban J connectivity index is 2.24. The monoisotopic (exact) mass is 259 g/mol. The van der Waals surface area contributed by atoms with Crippen molar-refractivity contribution >= 4 is 5.82 Å². The van der Waals surface area contributed by atoms with Crippen molar-refractivity contribution in [3.05, 3.63) is 40.1 Å². The van der Waals surface area contributed by atoms with Crippen LogP contribution in [-0.4, -0.2) is 9.78 Å². The van der Waals surface area contributed by atoms with E-state index in [4.69, 9.17) is 10.5 Å². The normalized spacial score (nSPS) is 10.8.